The van der Waals surface area contributed by atoms with E-state index in [0.29, 0.717) is 17.6 Å². The van der Waals surface area contributed by atoms with Crippen molar-refractivity contribution in [3.05, 3.63) is 210 Å². The van der Waals surface area contributed by atoms with Gasteiger partial charge in [0.25, 0.3) is 0 Å². The quantitative estimate of drug-likeness (QED) is 0.172. The van der Waals surface area contributed by atoms with Crippen molar-refractivity contribution in [3.8, 4) is 33.9 Å². The topological polar surface area (TPSA) is 51.6 Å². The lowest BCUT2D eigenvalue weighted by Crippen LogP contribution is -2.11. The number of fused-ring (bicyclic) bond motifs is 4. The molecule has 3 aliphatic carbocycles. The van der Waals surface area contributed by atoms with Crippen molar-refractivity contribution in [2.24, 2.45) is 0 Å². The molecule has 264 valence electrons. The van der Waals surface area contributed by atoms with E-state index in [0.717, 1.165) is 35.2 Å². The predicted molar refractivity (Wildman–Crippen MR) is 230 cm³/mol. The van der Waals surface area contributed by atoms with Crippen molar-refractivity contribution in [1.29, 1.82) is 0 Å². The summed E-state index contributed by atoms with van der Waals surface area (Å²) in [4.78, 5) is 19.8. The van der Waals surface area contributed by atoms with Crippen LogP contribution in [0.5, 0.6) is 0 Å². The summed E-state index contributed by atoms with van der Waals surface area (Å²) in [6.45, 7) is 0. The molecule has 3 aliphatic rings. The molecule has 0 saturated carbocycles. The van der Waals surface area contributed by atoms with E-state index in [1.165, 1.54) is 66.3 Å². The Kier molecular flexibility index (Phi) is 7.73. The molecule has 0 aliphatic heterocycles. The van der Waals surface area contributed by atoms with Gasteiger partial charge in [-0.25, -0.2) is 15.0 Å². The summed E-state index contributed by atoms with van der Waals surface area (Å²) in [6, 6.07) is 49.8. The Hall–Kier alpha value is -7.04. The fourth-order valence-corrected chi connectivity index (χ4v) is 8.89. The number of rotatable bonds is 6. The molecule has 2 unspecified atom stereocenters. The van der Waals surface area contributed by atoms with E-state index in [2.05, 4.69) is 138 Å². The van der Waals surface area contributed by atoms with Crippen LogP contribution in [0.1, 0.15) is 52.8 Å². The average molecular weight is 717 g/mol. The summed E-state index contributed by atoms with van der Waals surface area (Å²) < 4.78 is 0. The molecule has 4 nitrogen and oxygen atoms in total. The third-order valence-corrected chi connectivity index (χ3v) is 11.7. The van der Waals surface area contributed by atoms with Gasteiger partial charge >= 0.3 is 0 Å². The molecule has 11 rings (SSSR count). The minimum atomic E-state index is -0.0794. The summed E-state index contributed by atoms with van der Waals surface area (Å²) >= 11 is 0. The summed E-state index contributed by atoms with van der Waals surface area (Å²) in [7, 11) is 0. The van der Waals surface area contributed by atoms with E-state index in [4.69, 9.17) is 15.0 Å². The van der Waals surface area contributed by atoms with Gasteiger partial charge in [0.05, 0.1) is 0 Å². The van der Waals surface area contributed by atoms with Crippen LogP contribution in [0.3, 0.4) is 0 Å². The van der Waals surface area contributed by atoms with Gasteiger partial charge in [-0.2, -0.15) is 0 Å². The van der Waals surface area contributed by atoms with Gasteiger partial charge in [0.2, 0.25) is 0 Å². The van der Waals surface area contributed by atoms with E-state index in [-0.39, 0.29) is 5.92 Å². The van der Waals surface area contributed by atoms with Crippen LogP contribution in [0.2, 0.25) is 0 Å². The van der Waals surface area contributed by atoms with Crippen LogP contribution in [0.15, 0.2) is 182 Å². The summed E-state index contributed by atoms with van der Waals surface area (Å²) in [5.74, 6) is 2.49. The number of nitrogens with zero attached hydrogens (tertiary/aromatic N) is 4. The molecule has 0 N–H and O–H groups in total. The van der Waals surface area contributed by atoms with Gasteiger partial charge in [0.15, 0.2) is 11.6 Å². The van der Waals surface area contributed by atoms with Crippen molar-refractivity contribution in [2.75, 3.05) is 0 Å². The van der Waals surface area contributed by atoms with Crippen molar-refractivity contribution < 1.29 is 0 Å². The highest BCUT2D eigenvalue weighted by Crippen LogP contribution is 2.51. The van der Waals surface area contributed by atoms with Gasteiger partial charge in [-0.1, -0.05) is 158 Å². The van der Waals surface area contributed by atoms with E-state index < -0.39 is 0 Å². The Morgan fingerprint density at radius 2 is 1.32 bits per heavy atom. The van der Waals surface area contributed by atoms with Gasteiger partial charge in [0.1, 0.15) is 5.82 Å². The average Bonchev–Trinajstić information content (AvgIpc) is 3.61. The van der Waals surface area contributed by atoms with Crippen LogP contribution in [0, 0.1) is 0 Å². The molecule has 0 spiro atoms. The number of hydrogen-bond donors (Lipinski definition) is 0. The normalized spacial score (nSPS) is 17.0. The zero-order valence-corrected chi connectivity index (χ0v) is 30.7. The van der Waals surface area contributed by atoms with Gasteiger partial charge in [0, 0.05) is 40.7 Å². The van der Waals surface area contributed by atoms with E-state index in [9.17, 15) is 0 Å². The maximum Gasteiger partial charge on any atom is 0.163 e. The minimum Gasteiger partial charge on any atom is -0.264 e. The molecule has 0 saturated heterocycles. The third kappa shape index (κ3) is 5.61. The molecule has 2 atom stereocenters. The van der Waals surface area contributed by atoms with E-state index >= 15 is 0 Å². The van der Waals surface area contributed by atoms with Crippen LogP contribution < -0.4 is 0 Å². The second-order valence-electron chi connectivity index (χ2n) is 15.0. The first kappa shape index (κ1) is 32.4. The Labute approximate surface area is 326 Å². The van der Waals surface area contributed by atoms with E-state index in [1.807, 2.05) is 48.8 Å². The molecule has 6 aromatic carbocycles. The highest BCUT2D eigenvalue weighted by atomic mass is 15.0. The summed E-state index contributed by atoms with van der Waals surface area (Å²) in [5, 5.41) is 5.01. The van der Waals surface area contributed by atoms with Crippen molar-refractivity contribution in [3.63, 3.8) is 0 Å². The molecular weight excluding hydrogens is 681 g/mol. The van der Waals surface area contributed by atoms with Crippen molar-refractivity contribution in [1.82, 2.24) is 19.9 Å². The number of benzene rings is 6. The first-order chi connectivity index (χ1) is 27.7. The highest BCUT2D eigenvalue weighted by molar-refractivity contribution is 6.09. The molecule has 8 aromatic rings. The molecule has 0 fully saturated rings. The SMILES string of the molecule is C1=CCC2C(=C1)c1cccc3c(C4=CC(c5nc(-c6ccccc6)nc(-c6ccccc6)n5)CC(c5ccc(-c6ccc7cnccc7c6)cc5)=C4)ccc2c13. The molecule has 2 heterocycles. The number of allylic oxidation sites excluding steroid dienone is 8. The summed E-state index contributed by atoms with van der Waals surface area (Å²) in [6.07, 6.45) is 17.2. The van der Waals surface area contributed by atoms with Gasteiger partial charge in [-0.3, -0.25) is 4.98 Å². The highest BCUT2D eigenvalue weighted by Gasteiger charge is 2.31. The maximum absolute atomic E-state index is 5.22. The second kappa shape index (κ2) is 13.4. The van der Waals surface area contributed by atoms with Gasteiger partial charge < -0.3 is 0 Å². The molecule has 4 heteroatoms. The number of aromatic nitrogens is 4. The van der Waals surface area contributed by atoms with Crippen LogP contribution in [0.25, 0.3) is 72.2 Å². The van der Waals surface area contributed by atoms with Crippen molar-refractivity contribution >= 4 is 38.3 Å². The molecular formula is C52H36N4. The van der Waals surface area contributed by atoms with Crippen LogP contribution in [-0.2, 0) is 0 Å². The first-order valence-corrected chi connectivity index (χ1v) is 19.4. The zero-order valence-electron chi connectivity index (χ0n) is 30.7. The van der Waals surface area contributed by atoms with E-state index in [1.54, 1.807) is 0 Å². The lowest BCUT2D eigenvalue weighted by Gasteiger charge is -2.23. The fraction of sp³-hybridized carbons (Fsp3) is 0.0769. The molecule has 0 radical (unpaired) electrons. The fourth-order valence-electron chi connectivity index (χ4n) is 8.89. The Bertz CT molecular complexity index is 2900. The maximum atomic E-state index is 5.22. The first-order valence-electron chi connectivity index (χ1n) is 19.4. The lowest BCUT2D eigenvalue weighted by molar-refractivity contribution is 0.775. The van der Waals surface area contributed by atoms with Gasteiger partial charge in [-0.15, -0.1) is 0 Å². The van der Waals surface area contributed by atoms with Gasteiger partial charge in [-0.05, 0) is 91.2 Å². The van der Waals surface area contributed by atoms with Crippen LogP contribution in [-0.4, -0.2) is 19.9 Å². The zero-order chi connectivity index (χ0) is 37.0. The minimum absolute atomic E-state index is 0.0794. The Morgan fingerprint density at radius 1 is 0.571 bits per heavy atom. The molecule has 0 amide bonds. The molecule has 0 bridgehead atoms. The second-order valence-corrected chi connectivity index (χ2v) is 15.0. The smallest absolute Gasteiger partial charge is 0.163 e. The van der Waals surface area contributed by atoms with Crippen LogP contribution in [0.4, 0.5) is 0 Å². The lowest BCUT2D eigenvalue weighted by atomic mass is 9.82. The predicted octanol–water partition coefficient (Wildman–Crippen LogP) is 12.7. The molecule has 2 aromatic heterocycles. The monoisotopic (exact) mass is 716 g/mol. The summed E-state index contributed by atoms with van der Waals surface area (Å²) in [5.41, 5.74) is 13.5. The standard InChI is InChI=1S/C52H36N4/c1-3-10-35(11-4-1)50-54-51(36-12-5-2-6-13-36)56-52(55-50)42-30-40(34-20-18-33(19-21-34)37-22-23-39-32-53-27-26-38(39)28-37)29-41(31-42)43-24-25-48-45-15-8-7-14-44(45)47-17-9-16-46(43)49(47)48/h1-14,16-29,31-32,42,45H,15,30H2. The molecule has 56 heavy (non-hydrogen) atoms. The Morgan fingerprint density at radius 3 is 2.11 bits per heavy atom. The number of hydrogen-bond acceptors (Lipinski definition) is 4. The Balaban J connectivity index is 1.06. The third-order valence-electron chi connectivity index (χ3n) is 11.7. The van der Waals surface area contributed by atoms with Crippen LogP contribution >= 0.6 is 0 Å². The largest absolute Gasteiger partial charge is 0.264 e. The number of pyridine rings is 1. The van der Waals surface area contributed by atoms with Crippen molar-refractivity contribution in [2.45, 2.75) is 24.7 Å².